The molecule has 3 nitrogen and oxygen atoms in total. The Morgan fingerprint density at radius 1 is 1.24 bits per heavy atom. The van der Waals surface area contributed by atoms with Gasteiger partial charge in [-0.15, -0.1) is 0 Å². The van der Waals surface area contributed by atoms with Crippen molar-refractivity contribution in [3.63, 3.8) is 0 Å². The largest absolute Gasteiger partial charge is 0.380 e. The van der Waals surface area contributed by atoms with E-state index in [1.807, 2.05) is 6.92 Å². The van der Waals surface area contributed by atoms with Crippen LogP contribution < -0.4 is 5.32 Å². The summed E-state index contributed by atoms with van der Waals surface area (Å²) in [4.78, 5) is 11.5. The fourth-order valence-corrected chi connectivity index (χ4v) is 1.27. The molecule has 0 saturated carbocycles. The maximum atomic E-state index is 12.8. The third-order valence-electron chi connectivity index (χ3n) is 2.01. The minimum Gasteiger partial charge on any atom is -0.380 e. The first-order valence-corrected chi connectivity index (χ1v) is 5.45. The molecule has 0 atom stereocenters. The molecule has 0 unspecified atom stereocenters. The molecule has 1 aromatic carbocycles. The van der Waals surface area contributed by atoms with Crippen molar-refractivity contribution < 1.29 is 18.3 Å². The maximum absolute atomic E-state index is 12.8. The number of halogens is 2. The summed E-state index contributed by atoms with van der Waals surface area (Å²) in [7, 11) is 0. The number of amides is 1. The highest BCUT2D eigenvalue weighted by Gasteiger charge is 2.08. The zero-order valence-corrected chi connectivity index (χ0v) is 9.63. The normalized spacial score (nSPS) is 10.3. The van der Waals surface area contributed by atoms with Crippen molar-refractivity contribution in [3.05, 3.63) is 35.4 Å². The number of ether oxygens (including phenoxy) is 1. The van der Waals surface area contributed by atoms with Crippen LogP contribution in [0.3, 0.4) is 0 Å². The van der Waals surface area contributed by atoms with Crippen LogP contribution in [-0.4, -0.2) is 25.7 Å². The predicted molar refractivity (Wildman–Crippen MR) is 59.8 cm³/mol. The summed E-state index contributed by atoms with van der Waals surface area (Å²) in [6.07, 6.45) is 0.906. The second-order valence-corrected chi connectivity index (χ2v) is 3.53. The van der Waals surface area contributed by atoms with E-state index < -0.39 is 17.5 Å². The Labute approximate surface area is 98.8 Å². The lowest BCUT2D eigenvalue weighted by Crippen LogP contribution is -2.27. The molecule has 1 rings (SSSR count). The van der Waals surface area contributed by atoms with Crippen LogP contribution in [0.1, 0.15) is 23.7 Å². The van der Waals surface area contributed by atoms with E-state index in [0.29, 0.717) is 19.8 Å². The van der Waals surface area contributed by atoms with E-state index >= 15 is 0 Å². The highest BCUT2D eigenvalue weighted by atomic mass is 19.1. The van der Waals surface area contributed by atoms with Gasteiger partial charge in [0.2, 0.25) is 0 Å². The van der Waals surface area contributed by atoms with Crippen molar-refractivity contribution in [1.82, 2.24) is 5.32 Å². The van der Waals surface area contributed by atoms with Gasteiger partial charge >= 0.3 is 0 Å². The van der Waals surface area contributed by atoms with Crippen LogP contribution in [-0.2, 0) is 4.74 Å². The fourth-order valence-electron chi connectivity index (χ4n) is 1.27. The van der Waals surface area contributed by atoms with E-state index in [-0.39, 0.29) is 5.56 Å². The molecule has 0 aliphatic heterocycles. The number of rotatable bonds is 6. The molecule has 1 N–H and O–H groups in total. The highest BCUT2D eigenvalue weighted by molar-refractivity contribution is 5.94. The minimum absolute atomic E-state index is 0.0296. The van der Waals surface area contributed by atoms with Gasteiger partial charge in [0.25, 0.3) is 5.91 Å². The lowest BCUT2D eigenvalue weighted by molar-refractivity contribution is 0.0914. The van der Waals surface area contributed by atoms with Crippen LogP contribution in [0, 0.1) is 11.6 Å². The van der Waals surface area contributed by atoms with E-state index in [1.54, 1.807) is 0 Å². The lowest BCUT2D eigenvalue weighted by Gasteiger charge is -2.06. The molecule has 0 aliphatic carbocycles. The third kappa shape index (κ3) is 4.91. The summed E-state index contributed by atoms with van der Waals surface area (Å²) in [6, 6.07) is 2.71. The monoisotopic (exact) mass is 243 g/mol. The molecule has 17 heavy (non-hydrogen) atoms. The van der Waals surface area contributed by atoms with Crippen LogP contribution in [0.5, 0.6) is 0 Å². The van der Waals surface area contributed by atoms with Gasteiger partial charge in [-0.25, -0.2) is 8.78 Å². The second-order valence-electron chi connectivity index (χ2n) is 3.53. The fraction of sp³-hybridized carbons (Fsp3) is 0.417. The summed E-state index contributed by atoms with van der Waals surface area (Å²) in [5.74, 6) is -2.04. The van der Waals surface area contributed by atoms with Crippen molar-refractivity contribution in [3.8, 4) is 0 Å². The molecule has 0 radical (unpaired) electrons. The van der Waals surface area contributed by atoms with Gasteiger partial charge in [0.1, 0.15) is 11.6 Å². The van der Waals surface area contributed by atoms with E-state index in [1.165, 1.54) is 0 Å². The number of hydrogen-bond donors (Lipinski definition) is 1. The van der Waals surface area contributed by atoms with Gasteiger partial charge in [0, 0.05) is 24.8 Å². The van der Waals surface area contributed by atoms with Gasteiger partial charge in [-0.3, -0.25) is 4.79 Å². The summed E-state index contributed by atoms with van der Waals surface area (Å²) >= 11 is 0. The topological polar surface area (TPSA) is 38.3 Å². The first-order chi connectivity index (χ1) is 8.13. The van der Waals surface area contributed by atoms with E-state index in [2.05, 4.69) is 5.32 Å². The third-order valence-corrected chi connectivity index (χ3v) is 2.01. The molecule has 5 heteroatoms. The lowest BCUT2D eigenvalue weighted by atomic mass is 10.2. The van der Waals surface area contributed by atoms with Crippen molar-refractivity contribution in [2.75, 3.05) is 19.8 Å². The van der Waals surface area contributed by atoms with Crippen molar-refractivity contribution in [2.45, 2.75) is 13.3 Å². The van der Waals surface area contributed by atoms with Gasteiger partial charge in [-0.1, -0.05) is 6.92 Å². The van der Waals surface area contributed by atoms with Crippen molar-refractivity contribution >= 4 is 5.91 Å². The van der Waals surface area contributed by atoms with Crippen molar-refractivity contribution in [2.24, 2.45) is 0 Å². The Hall–Kier alpha value is -1.49. The SMILES string of the molecule is CCCOCCNC(=O)c1cc(F)cc(F)c1. The second kappa shape index (κ2) is 6.96. The highest BCUT2D eigenvalue weighted by Crippen LogP contribution is 2.07. The van der Waals surface area contributed by atoms with Crippen LogP contribution in [0.4, 0.5) is 8.78 Å². The minimum atomic E-state index is -0.766. The molecule has 1 aromatic rings. The number of benzene rings is 1. The molecule has 0 bridgehead atoms. The standard InChI is InChI=1S/C12H15F2NO2/c1-2-4-17-5-3-15-12(16)9-6-10(13)8-11(14)7-9/h6-8H,2-5H2,1H3,(H,15,16). The Kier molecular flexibility index (Phi) is 5.56. The molecule has 0 aliphatic rings. The Morgan fingerprint density at radius 2 is 1.88 bits per heavy atom. The van der Waals surface area contributed by atoms with Gasteiger partial charge in [-0.05, 0) is 18.6 Å². The molecule has 0 heterocycles. The van der Waals surface area contributed by atoms with E-state index in [4.69, 9.17) is 4.74 Å². The number of hydrogen-bond acceptors (Lipinski definition) is 2. The molecule has 1 amide bonds. The summed E-state index contributed by atoms with van der Waals surface area (Å²) in [5.41, 5.74) is -0.0296. The van der Waals surface area contributed by atoms with Gasteiger partial charge in [-0.2, -0.15) is 0 Å². The molecule has 94 valence electrons. The number of carbonyl (C=O) groups excluding carboxylic acids is 1. The maximum Gasteiger partial charge on any atom is 0.251 e. The van der Waals surface area contributed by atoms with Gasteiger partial charge in [0.15, 0.2) is 0 Å². The predicted octanol–water partition coefficient (Wildman–Crippen LogP) is 2.12. The molecule has 0 aromatic heterocycles. The number of nitrogens with one attached hydrogen (secondary N) is 1. The summed E-state index contributed by atoms with van der Waals surface area (Å²) in [5, 5.41) is 2.52. The van der Waals surface area contributed by atoms with Gasteiger partial charge < -0.3 is 10.1 Å². The number of carbonyl (C=O) groups is 1. The average Bonchev–Trinajstić information content (AvgIpc) is 2.27. The van der Waals surface area contributed by atoms with Crippen LogP contribution in [0.15, 0.2) is 18.2 Å². The Balaban J connectivity index is 2.41. The van der Waals surface area contributed by atoms with Crippen LogP contribution >= 0.6 is 0 Å². The first kappa shape index (κ1) is 13.6. The first-order valence-electron chi connectivity index (χ1n) is 5.45. The zero-order valence-electron chi connectivity index (χ0n) is 9.63. The van der Waals surface area contributed by atoms with Crippen LogP contribution in [0.2, 0.25) is 0 Å². The summed E-state index contributed by atoms with van der Waals surface area (Å²) < 4.78 is 30.8. The molecular weight excluding hydrogens is 228 g/mol. The smallest absolute Gasteiger partial charge is 0.251 e. The molecule has 0 fully saturated rings. The van der Waals surface area contributed by atoms with Crippen molar-refractivity contribution in [1.29, 1.82) is 0 Å². The summed E-state index contributed by atoms with van der Waals surface area (Å²) in [6.45, 7) is 3.31. The van der Waals surface area contributed by atoms with E-state index in [9.17, 15) is 13.6 Å². The van der Waals surface area contributed by atoms with E-state index in [0.717, 1.165) is 24.6 Å². The van der Waals surface area contributed by atoms with Gasteiger partial charge in [0.05, 0.1) is 6.61 Å². The Bertz CT molecular complexity index is 363. The quantitative estimate of drug-likeness (QED) is 0.777. The molecule has 0 spiro atoms. The average molecular weight is 243 g/mol. The Morgan fingerprint density at radius 3 is 2.47 bits per heavy atom. The molecular formula is C12H15F2NO2. The zero-order chi connectivity index (χ0) is 12.7. The molecule has 0 saturated heterocycles. The van der Waals surface area contributed by atoms with Crippen LogP contribution in [0.25, 0.3) is 0 Å².